The molecule has 0 fully saturated rings. The molecule has 0 radical (unpaired) electrons. The second-order valence-corrected chi connectivity index (χ2v) is 4.55. The SMILES string of the molecule is COCCN(CC(=O)Nc1ccc(OC)cc1OC)C(C)=O. The maximum absolute atomic E-state index is 12.1. The summed E-state index contributed by atoms with van der Waals surface area (Å²) in [5.74, 6) is 0.614. The molecule has 1 aromatic rings. The smallest absolute Gasteiger partial charge is 0.244 e. The quantitative estimate of drug-likeness (QED) is 0.779. The van der Waals surface area contributed by atoms with E-state index in [0.717, 1.165) is 0 Å². The van der Waals surface area contributed by atoms with E-state index in [1.807, 2.05) is 0 Å². The molecular weight excluding hydrogens is 288 g/mol. The van der Waals surface area contributed by atoms with Crippen LogP contribution in [0, 0.1) is 0 Å². The predicted molar refractivity (Wildman–Crippen MR) is 82.3 cm³/mol. The van der Waals surface area contributed by atoms with Crippen molar-refractivity contribution in [3.8, 4) is 11.5 Å². The Kier molecular flexibility index (Phi) is 7.18. The van der Waals surface area contributed by atoms with Crippen LogP contribution in [0.4, 0.5) is 5.69 Å². The number of methoxy groups -OCH3 is 3. The van der Waals surface area contributed by atoms with Gasteiger partial charge < -0.3 is 24.4 Å². The molecule has 0 bridgehead atoms. The van der Waals surface area contributed by atoms with Crippen LogP contribution in [0.2, 0.25) is 0 Å². The van der Waals surface area contributed by atoms with Crippen molar-refractivity contribution in [2.24, 2.45) is 0 Å². The Morgan fingerprint density at radius 3 is 2.45 bits per heavy atom. The van der Waals surface area contributed by atoms with E-state index in [2.05, 4.69) is 5.32 Å². The van der Waals surface area contributed by atoms with Crippen LogP contribution in [0.15, 0.2) is 18.2 Å². The lowest BCUT2D eigenvalue weighted by molar-refractivity contribution is -0.133. The van der Waals surface area contributed by atoms with Crippen LogP contribution in [0.25, 0.3) is 0 Å². The zero-order chi connectivity index (χ0) is 16.5. The van der Waals surface area contributed by atoms with Gasteiger partial charge >= 0.3 is 0 Å². The van der Waals surface area contributed by atoms with Crippen LogP contribution in [0.1, 0.15) is 6.92 Å². The molecule has 0 aliphatic carbocycles. The molecule has 1 N–H and O–H groups in total. The monoisotopic (exact) mass is 310 g/mol. The molecule has 1 rings (SSSR count). The Labute approximate surface area is 130 Å². The third-order valence-electron chi connectivity index (χ3n) is 3.03. The van der Waals surface area contributed by atoms with Crippen LogP contribution in [0.5, 0.6) is 11.5 Å². The number of nitrogens with one attached hydrogen (secondary N) is 1. The average molecular weight is 310 g/mol. The van der Waals surface area contributed by atoms with Crippen LogP contribution >= 0.6 is 0 Å². The number of hydrogen-bond donors (Lipinski definition) is 1. The molecule has 0 saturated carbocycles. The van der Waals surface area contributed by atoms with E-state index in [0.29, 0.717) is 30.3 Å². The summed E-state index contributed by atoms with van der Waals surface area (Å²) in [6.07, 6.45) is 0. The lowest BCUT2D eigenvalue weighted by atomic mass is 10.2. The third-order valence-corrected chi connectivity index (χ3v) is 3.03. The molecule has 0 aliphatic heterocycles. The fourth-order valence-corrected chi connectivity index (χ4v) is 1.81. The van der Waals surface area contributed by atoms with Crippen LogP contribution in [0.3, 0.4) is 0 Å². The molecule has 0 unspecified atom stereocenters. The molecule has 0 atom stereocenters. The van der Waals surface area contributed by atoms with Crippen molar-refractivity contribution in [3.63, 3.8) is 0 Å². The van der Waals surface area contributed by atoms with Gasteiger partial charge in [0.05, 0.1) is 33.1 Å². The van der Waals surface area contributed by atoms with E-state index in [-0.39, 0.29) is 18.4 Å². The van der Waals surface area contributed by atoms with Gasteiger partial charge in [0.25, 0.3) is 0 Å². The van der Waals surface area contributed by atoms with Crippen molar-refractivity contribution in [2.45, 2.75) is 6.92 Å². The number of anilines is 1. The Bertz CT molecular complexity index is 519. The minimum absolute atomic E-state index is 0.0477. The first kappa shape index (κ1) is 17.8. The first-order chi connectivity index (χ1) is 10.5. The molecule has 22 heavy (non-hydrogen) atoms. The minimum atomic E-state index is -0.310. The van der Waals surface area contributed by atoms with Gasteiger partial charge in [-0.05, 0) is 12.1 Å². The van der Waals surface area contributed by atoms with Gasteiger partial charge in [-0.25, -0.2) is 0 Å². The summed E-state index contributed by atoms with van der Waals surface area (Å²) >= 11 is 0. The number of benzene rings is 1. The second-order valence-electron chi connectivity index (χ2n) is 4.55. The molecule has 7 heteroatoms. The van der Waals surface area contributed by atoms with Crippen LogP contribution in [-0.2, 0) is 14.3 Å². The topological polar surface area (TPSA) is 77.1 Å². The summed E-state index contributed by atoms with van der Waals surface area (Å²) in [6, 6.07) is 5.07. The van der Waals surface area contributed by atoms with E-state index in [9.17, 15) is 9.59 Å². The van der Waals surface area contributed by atoms with Crippen LogP contribution < -0.4 is 14.8 Å². The summed E-state index contributed by atoms with van der Waals surface area (Å²) in [5, 5.41) is 2.72. The molecular formula is C15H22N2O5. The van der Waals surface area contributed by atoms with E-state index < -0.39 is 0 Å². The molecule has 0 saturated heterocycles. The summed E-state index contributed by atoms with van der Waals surface area (Å²) < 4.78 is 15.2. The Morgan fingerprint density at radius 1 is 1.18 bits per heavy atom. The van der Waals surface area contributed by atoms with Crippen molar-refractivity contribution in [2.75, 3.05) is 46.3 Å². The number of carbonyl (C=O) groups is 2. The number of amides is 2. The molecule has 0 aromatic heterocycles. The first-order valence-corrected chi connectivity index (χ1v) is 6.78. The second kappa shape index (κ2) is 8.89. The van der Waals surface area contributed by atoms with Gasteiger partial charge in [0.2, 0.25) is 11.8 Å². The van der Waals surface area contributed by atoms with Gasteiger partial charge in [-0.1, -0.05) is 0 Å². The number of rotatable bonds is 8. The lowest BCUT2D eigenvalue weighted by Gasteiger charge is -2.20. The summed E-state index contributed by atoms with van der Waals surface area (Å²) in [5.41, 5.74) is 0.517. The maximum atomic E-state index is 12.1. The molecule has 2 amide bonds. The number of nitrogens with zero attached hydrogens (tertiary/aromatic N) is 1. The van der Waals surface area contributed by atoms with Crippen molar-refractivity contribution in [1.29, 1.82) is 0 Å². The Balaban J connectivity index is 2.73. The third kappa shape index (κ3) is 5.25. The highest BCUT2D eigenvalue weighted by Crippen LogP contribution is 2.28. The van der Waals surface area contributed by atoms with Crippen LogP contribution in [-0.4, -0.2) is 57.7 Å². The predicted octanol–water partition coefficient (Wildman–Crippen LogP) is 1.14. The van der Waals surface area contributed by atoms with Crippen molar-refractivity contribution < 1.29 is 23.8 Å². The summed E-state index contributed by atoms with van der Waals surface area (Å²) in [4.78, 5) is 25.0. The Hall–Kier alpha value is -2.28. The molecule has 1 aromatic carbocycles. The zero-order valence-electron chi connectivity index (χ0n) is 13.3. The molecule has 0 aliphatic rings. The van der Waals surface area contributed by atoms with E-state index in [1.54, 1.807) is 32.4 Å². The Morgan fingerprint density at radius 2 is 1.91 bits per heavy atom. The first-order valence-electron chi connectivity index (χ1n) is 6.78. The van der Waals surface area contributed by atoms with Gasteiger partial charge in [-0.2, -0.15) is 0 Å². The fraction of sp³-hybridized carbons (Fsp3) is 0.467. The number of hydrogen-bond acceptors (Lipinski definition) is 5. The van der Waals surface area contributed by atoms with E-state index in [4.69, 9.17) is 14.2 Å². The summed E-state index contributed by atoms with van der Waals surface area (Å²) in [7, 11) is 4.60. The van der Waals surface area contributed by atoms with Crippen molar-refractivity contribution in [1.82, 2.24) is 4.90 Å². The molecule has 7 nitrogen and oxygen atoms in total. The van der Waals surface area contributed by atoms with Crippen molar-refractivity contribution >= 4 is 17.5 Å². The van der Waals surface area contributed by atoms with E-state index in [1.165, 1.54) is 18.9 Å². The van der Waals surface area contributed by atoms with Gasteiger partial charge in [0.1, 0.15) is 11.5 Å². The fourth-order valence-electron chi connectivity index (χ4n) is 1.81. The standard InChI is InChI=1S/C15H22N2O5/c1-11(18)17(7-8-20-2)10-15(19)16-13-6-5-12(21-3)9-14(13)22-4/h5-6,9H,7-8,10H2,1-4H3,(H,16,19). The number of ether oxygens (including phenoxy) is 3. The highest BCUT2D eigenvalue weighted by molar-refractivity contribution is 5.95. The van der Waals surface area contributed by atoms with Crippen molar-refractivity contribution in [3.05, 3.63) is 18.2 Å². The highest BCUT2D eigenvalue weighted by Gasteiger charge is 2.15. The zero-order valence-corrected chi connectivity index (χ0v) is 13.3. The molecule has 122 valence electrons. The highest BCUT2D eigenvalue weighted by atomic mass is 16.5. The minimum Gasteiger partial charge on any atom is -0.497 e. The average Bonchev–Trinajstić information content (AvgIpc) is 2.51. The van der Waals surface area contributed by atoms with Gasteiger partial charge in [-0.15, -0.1) is 0 Å². The number of carbonyl (C=O) groups excluding carboxylic acids is 2. The van der Waals surface area contributed by atoms with Gasteiger partial charge in [0.15, 0.2) is 0 Å². The van der Waals surface area contributed by atoms with E-state index >= 15 is 0 Å². The summed E-state index contributed by atoms with van der Waals surface area (Å²) in [6.45, 7) is 2.10. The lowest BCUT2D eigenvalue weighted by Crippen LogP contribution is -2.38. The normalized spacial score (nSPS) is 10.0. The van der Waals surface area contributed by atoms with Gasteiger partial charge in [0, 0.05) is 26.6 Å². The molecule has 0 spiro atoms. The van der Waals surface area contributed by atoms with Gasteiger partial charge in [-0.3, -0.25) is 9.59 Å². The maximum Gasteiger partial charge on any atom is 0.244 e. The largest absolute Gasteiger partial charge is 0.497 e. The molecule has 0 heterocycles.